The number of phenols is 1. The first kappa shape index (κ1) is 11.6. The molecule has 1 aromatic carbocycles. The smallest absolute Gasteiger partial charge is 0.176 e. The summed E-state index contributed by atoms with van der Waals surface area (Å²) in [6.07, 6.45) is 1.42. The van der Waals surface area contributed by atoms with Crippen molar-refractivity contribution < 1.29 is 19.0 Å². The van der Waals surface area contributed by atoms with E-state index in [9.17, 15) is 9.50 Å². The van der Waals surface area contributed by atoms with Gasteiger partial charge in [0.2, 0.25) is 0 Å². The number of benzene rings is 1. The van der Waals surface area contributed by atoms with Gasteiger partial charge in [-0.2, -0.15) is 5.10 Å². The van der Waals surface area contributed by atoms with Crippen molar-refractivity contribution in [3.63, 3.8) is 0 Å². The predicted octanol–water partition coefficient (Wildman–Crippen LogP) is 1.29. The molecule has 1 aromatic heterocycles. The van der Waals surface area contributed by atoms with E-state index in [1.807, 2.05) is 0 Å². The molecule has 100 valence electrons. The number of aromatic hydroxyl groups is 1. The predicted molar refractivity (Wildman–Crippen MR) is 65.7 cm³/mol. The Hall–Kier alpha value is -2.44. The van der Waals surface area contributed by atoms with Crippen molar-refractivity contribution in [1.82, 2.24) is 9.78 Å². The largest absolute Gasteiger partial charge is 0.505 e. The van der Waals surface area contributed by atoms with Gasteiger partial charge in [-0.05, 0) is 0 Å². The molecule has 0 aliphatic carbocycles. The molecular weight excluding hydrogens is 253 g/mol. The monoisotopic (exact) mass is 265 g/mol. The quantitative estimate of drug-likeness (QED) is 0.811. The van der Waals surface area contributed by atoms with Crippen molar-refractivity contribution in [3.8, 4) is 28.4 Å². The Morgan fingerprint density at radius 1 is 1.42 bits per heavy atom. The maximum atomic E-state index is 14.2. The number of hydrogen-bond acceptors (Lipinski definition) is 5. The second kappa shape index (κ2) is 4.04. The number of phenolic OH excluding ortho intramolecular Hbond substituents is 1. The Morgan fingerprint density at radius 2 is 2.16 bits per heavy atom. The van der Waals surface area contributed by atoms with Gasteiger partial charge in [0.15, 0.2) is 23.1 Å². The minimum Gasteiger partial charge on any atom is -0.505 e. The SMILES string of the molecule is Cn1ncc(-c2c(F)c(O)cc3c2OCCO3)c1N. The van der Waals surface area contributed by atoms with E-state index in [0.29, 0.717) is 24.5 Å². The first-order chi connectivity index (χ1) is 9.09. The summed E-state index contributed by atoms with van der Waals surface area (Å²) in [5.74, 6) is -0.503. The highest BCUT2D eigenvalue weighted by atomic mass is 19.1. The Kier molecular flexibility index (Phi) is 2.48. The van der Waals surface area contributed by atoms with Crippen LogP contribution in [0.4, 0.5) is 10.2 Å². The summed E-state index contributed by atoms with van der Waals surface area (Å²) in [6.45, 7) is 0.657. The average molecular weight is 265 g/mol. The zero-order valence-corrected chi connectivity index (χ0v) is 10.2. The van der Waals surface area contributed by atoms with Gasteiger partial charge in [0.1, 0.15) is 19.0 Å². The molecular formula is C12H12FN3O3. The number of ether oxygens (including phenoxy) is 2. The molecule has 0 spiro atoms. The Balaban J connectivity index is 2.30. The molecule has 0 amide bonds. The van der Waals surface area contributed by atoms with Crippen LogP contribution in [0, 0.1) is 5.82 Å². The number of anilines is 1. The third-order valence-electron chi connectivity index (χ3n) is 3.00. The summed E-state index contributed by atoms with van der Waals surface area (Å²) in [6, 6.07) is 1.19. The number of aromatic nitrogens is 2. The topological polar surface area (TPSA) is 82.5 Å². The number of fused-ring (bicyclic) bond motifs is 1. The molecule has 7 heteroatoms. The van der Waals surface area contributed by atoms with Crippen LogP contribution in [0.5, 0.6) is 17.2 Å². The van der Waals surface area contributed by atoms with Gasteiger partial charge in [-0.25, -0.2) is 4.39 Å². The number of halogens is 1. The fourth-order valence-corrected chi connectivity index (χ4v) is 2.03. The van der Waals surface area contributed by atoms with Crippen LogP contribution in [0.3, 0.4) is 0 Å². The number of rotatable bonds is 1. The summed E-state index contributed by atoms with van der Waals surface area (Å²) >= 11 is 0. The molecule has 6 nitrogen and oxygen atoms in total. The van der Waals surface area contributed by atoms with Gasteiger partial charge in [-0.1, -0.05) is 0 Å². The van der Waals surface area contributed by atoms with Crippen molar-refractivity contribution in [2.75, 3.05) is 18.9 Å². The third-order valence-corrected chi connectivity index (χ3v) is 3.00. The summed E-state index contributed by atoms with van der Waals surface area (Å²) in [5, 5.41) is 13.6. The molecule has 0 saturated carbocycles. The molecule has 1 aliphatic heterocycles. The molecule has 0 unspecified atom stereocenters. The second-order valence-corrected chi connectivity index (χ2v) is 4.18. The molecule has 0 saturated heterocycles. The van der Waals surface area contributed by atoms with Gasteiger partial charge in [0.05, 0.1) is 17.3 Å². The van der Waals surface area contributed by atoms with Gasteiger partial charge < -0.3 is 20.3 Å². The standard InChI is InChI=1S/C12H12FN3O3/c1-16-12(14)6(5-15-16)9-10(13)7(17)4-8-11(9)19-3-2-18-8/h4-5,17H,2-3,14H2,1H3. The van der Waals surface area contributed by atoms with Crippen molar-refractivity contribution in [2.45, 2.75) is 0 Å². The normalized spacial score (nSPS) is 13.6. The van der Waals surface area contributed by atoms with Crippen molar-refractivity contribution in [1.29, 1.82) is 0 Å². The summed E-state index contributed by atoms with van der Waals surface area (Å²) in [5.41, 5.74) is 6.27. The van der Waals surface area contributed by atoms with Gasteiger partial charge in [0, 0.05) is 13.1 Å². The van der Waals surface area contributed by atoms with E-state index >= 15 is 0 Å². The van der Waals surface area contributed by atoms with Crippen molar-refractivity contribution in [2.24, 2.45) is 7.05 Å². The summed E-state index contributed by atoms with van der Waals surface area (Å²) in [7, 11) is 1.64. The number of nitrogens with two attached hydrogens (primary N) is 1. The molecule has 1 aliphatic rings. The molecule has 3 rings (SSSR count). The number of nitrogen functional groups attached to an aromatic ring is 1. The van der Waals surface area contributed by atoms with Crippen LogP contribution < -0.4 is 15.2 Å². The van der Waals surface area contributed by atoms with Crippen molar-refractivity contribution >= 4 is 5.82 Å². The van der Waals surface area contributed by atoms with E-state index in [2.05, 4.69) is 5.10 Å². The zero-order valence-electron chi connectivity index (χ0n) is 10.2. The van der Waals surface area contributed by atoms with Crippen LogP contribution in [0.15, 0.2) is 12.3 Å². The van der Waals surface area contributed by atoms with Crippen LogP contribution in [0.1, 0.15) is 0 Å². The summed E-state index contributed by atoms with van der Waals surface area (Å²) < 4.78 is 26.4. The highest BCUT2D eigenvalue weighted by Crippen LogP contribution is 2.46. The lowest BCUT2D eigenvalue weighted by Gasteiger charge is -2.21. The molecule has 0 radical (unpaired) electrons. The van der Waals surface area contributed by atoms with E-state index < -0.39 is 11.6 Å². The third kappa shape index (κ3) is 1.66. The lowest BCUT2D eigenvalue weighted by atomic mass is 10.0. The molecule has 19 heavy (non-hydrogen) atoms. The zero-order chi connectivity index (χ0) is 13.6. The Labute approximate surface area is 108 Å². The molecule has 0 fully saturated rings. The van der Waals surface area contributed by atoms with Gasteiger partial charge in [-0.3, -0.25) is 4.68 Å². The van der Waals surface area contributed by atoms with E-state index in [-0.39, 0.29) is 17.1 Å². The van der Waals surface area contributed by atoms with Gasteiger partial charge in [-0.15, -0.1) is 0 Å². The number of aryl methyl sites for hydroxylation is 1. The highest BCUT2D eigenvalue weighted by molar-refractivity contribution is 5.82. The minimum absolute atomic E-state index is 0.0697. The molecule has 0 atom stereocenters. The lowest BCUT2D eigenvalue weighted by molar-refractivity contribution is 0.170. The van der Waals surface area contributed by atoms with Gasteiger partial charge in [0.25, 0.3) is 0 Å². The van der Waals surface area contributed by atoms with Gasteiger partial charge >= 0.3 is 0 Å². The first-order valence-corrected chi connectivity index (χ1v) is 5.68. The molecule has 3 N–H and O–H groups in total. The maximum Gasteiger partial charge on any atom is 0.176 e. The van der Waals surface area contributed by atoms with E-state index in [4.69, 9.17) is 15.2 Å². The average Bonchev–Trinajstić information content (AvgIpc) is 2.72. The number of hydrogen-bond donors (Lipinski definition) is 2. The van der Waals surface area contributed by atoms with E-state index in [1.165, 1.54) is 16.9 Å². The Morgan fingerprint density at radius 3 is 2.84 bits per heavy atom. The van der Waals surface area contributed by atoms with E-state index in [1.54, 1.807) is 7.05 Å². The maximum absolute atomic E-state index is 14.2. The van der Waals surface area contributed by atoms with Crippen LogP contribution in [-0.4, -0.2) is 28.1 Å². The van der Waals surface area contributed by atoms with Crippen LogP contribution in [0.2, 0.25) is 0 Å². The second-order valence-electron chi connectivity index (χ2n) is 4.18. The van der Waals surface area contributed by atoms with Crippen molar-refractivity contribution in [3.05, 3.63) is 18.1 Å². The van der Waals surface area contributed by atoms with Crippen LogP contribution in [-0.2, 0) is 7.05 Å². The van der Waals surface area contributed by atoms with Crippen LogP contribution >= 0.6 is 0 Å². The lowest BCUT2D eigenvalue weighted by Crippen LogP contribution is -2.16. The summed E-state index contributed by atoms with van der Waals surface area (Å²) in [4.78, 5) is 0. The van der Waals surface area contributed by atoms with E-state index in [0.717, 1.165) is 0 Å². The fraction of sp³-hybridized carbons (Fsp3) is 0.250. The first-order valence-electron chi connectivity index (χ1n) is 5.68. The molecule has 2 heterocycles. The van der Waals surface area contributed by atoms with Crippen LogP contribution in [0.25, 0.3) is 11.1 Å². The number of nitrogens with zero attached hydrogens (tertiary/aromatic N) is 2. The highest BCUT2D eigenvalue weighted by Gasteiger charge is 2.26. The molecule has 2 aromatic rings. The molecule has 0 bridgehead atoms. The minimum atomic E-state index is -0.802. The Bertz CT molecular complexity index is 654. The fourth-order valence-electron chi connectivity index (χ4n) is 2.03.